The van der Waals surface area contributed by atoms with Gasteiger partial charge >= 0.3 is 0 Å². The van der Waals surface area contributed by atoms with Crippen molar-refractivity contribution in [3.05, 3.63) is 77.1 Å². The minimum Gasteiger partial charge on any atom is -0.484 e. The maximum absolute atomic E-state index is 12.0. The molecular weight excluding hydrogens is 390 g/mol. The van der Waals surface area contributed by atoms with E-state index < -0.39 is 0 Å². The molecule has 0 saturated carbocycles. The molecule has 3 rings (SSSR count). The number of ether oxygens (including phenoxy) is 1. The van der Waals surface area contributed by atoms with Gasteiger partial charge in [-0.05, 0) is 75.1 Å². The minimum atomic E-state index is -0.153. The van der Waals surface area contributed by atoms with E-state index in [1.54, 1.807) is 6.92 Å². The zero-order valence-electron chi connectivity index (χ0n) is 18.4. The fraction of sp³-hybridized carbons (Fsp3) is 0.320. The molecule has 1 amide bonds. The molecule has 0 unspecified atom stereocenters. The highest BCUT2D eigenvalue weighted by molar-refractivity contribution is 5.77. The Balaban J connectivity index is 1.39. The number of Topliss-reactive ketones (excluding diaryl/α,β-unsaturated/α-hetero) is 1. The lowest BCUT2D eigenvalue weighted by Crippen LogP contribution is -2.30. The van der Waals surface area contributed by atoms with Crippen molar-refractivity contribution in [1.29, 1.82) is 0 Å². The first kappa shape index (κ1) is 22.3. The van der Waals surface area contributed by atoms with Crippen LogP contribution in [-0.4, -0.2) is 34.6 Å². The van der Waals surface area contributed by atoms with E-state index in [0.717, 1.165) is 41.0 Å². The second-order valence-electron chi connectivity index (χ2n) is 7.74. The monoisotopic (exact) mass is 419 g/mol. The molecule has 0 radical (unpaired) electrons. The van der Waals surface area contributed by atoms with Crippen LogP contribution in [0.15, 0.2) is 54.6 Å². The largest absolute Gasteiger partial charge is 0.484 e. The molecule has 6 nitrogen and oxygen atoms in total. The Morgan fingerprint density at radius 2 is 1.61 bits per heavy atom. The molecule has 2 aromatic carbocycles. The van der Waals surface area contributed by atoms with E-state index in [-0.39, 0.29) is 18.3 Å². The molecule has 0 aliphatic rings. The first-order valence-electron chi connectivity index (χ1n) is 10.5. The van der Waals surface area contributed by atoms with Crippen LogP contribution in [-0.2, 0) is 22.4 Å². The van der Waals surface area contributed by atoms with Crippen LogP contribution >= 0.6 is 0 Å². The van der Waals surface area contributed by atoms with Crippen LogP contribution in [0.5, 0.6) is 5.75 Å². The van der Waals surface area contributed by atoms with Gasteiger partial charge in [-0.15, -0.1) is 0 Å². The molecule has 0 saturated heterocycles. The standard InChI is InChI=1S/C25H29N3O3/c1-18-16-19(2)28(27-18)23-10-6-22(7-11-23)14-15-26-25(30)17-31-24-12-8-21(9-13-24)5-4-20(3)29/h6-13,16H,4-5,14-15,17H2,1-3H3,(H,26,30). The van der Waals surface area contributed by atoms with Gasteiger partial charge in [0.1, 0.15) is 11.5 Å². The van der Waals surface area contributed by atoms with Gasteiger partial charge in [0, 0.05) is 18.7 Å². The summed E-state index contributed by atoms with van der Waals surface area (Å²) in [5.74, 6) is 0.664. The van der Waals surface area contributed by atoms with Crippen molar-refractivity contribution >= 4 is 11.7 Å². The van der Waals surface area contributed by atoms with E-state index in [9.17, 15) is 9.59 Å². The molecule has 0 aliphatic heterocycles. The normalized spacial score (nSPS) is 10.7. The van der Waals surface area contributed by atoms with E-state index in [4.69, 9.17) is 4.74 Å². The molecule has 0 fully saturated rings. The van der Waals surface area contributed by atoms with Gasteiger partial charge in [0.25, 0.3) is 5.91 Å². The quantitative estimate of drug-likeness (QED) is 0.543. The van der Waals surface area contributed by atoms with Gasteiger partial charge in [0.15, 0.2) is 6.61 Å². The Kier molecular flexibility index (Phi) is 7.60. The topological polar surface area (TPSA) is 73.2 Å². The van der Waals surface area contributed by atoms with Crippen molar-refractivity contribution in [1.82, 2.24) is 15.1 Å². The van der Waals surface area contributed by atoms with Crippen LogP contribution < -0.4 is 10.1 Å². The summed E-state index contributed by atoms with van der Waals surface area (Å²) in [4.78, 5) is 23.1. The van der Waals surface area contributed by atoms with Crippen LogP contribution in [0.1, 0.15) is 35.9 Å². The third kappa shape index (κ3) is 6.81. The van der Waals surface area contributed by atoms with Crippen LogP contribution in [0.2, 0.25) is 0 Å². The Hall–Kier alpha value is -3.41. The highest BCUT2D eigenvalue weighted by Crippen LogP contribution is 2.14. The number of hydrogen-bond acceptors (Lipinski definition) is 4. The number of rotatable bonds is 10. The lowest BCUT2D eigenvalue weighted by atomic mass is 10.1. The van der Waals surface area contributed by atoms with Gasteiger partial charge in [-0.3, -0.25) is 4.79 Å². The second-order valence-corrected chi connectivity index (χ2v) is 7.74. The summed E-state index contributed by atoms with van der Waals surface area (Å²) in [5, 5.41) is 7.38. The van der Waals surface area contributed by atoms with Gasteiger partial charge in [0.2, 0.25) is 0 Å². The van der Waals surface area contributed by atoms with E-state index in [0.29, 0.717) is 18.7 Å². The van der Waals surface area contributed by atoms with Crippen molar-refractivity contribution in [3.63, 3.8) is 0 Å². The first-order chi connectivity index (χ1) is 14.9. The summed E-state index contributed by atoms with van der Waals surface area (Å²) in [7, 11) is 0. The molecule has 0 atom stereocenters. The van der Waals surface area contributed by atoms with Crippen molar-refractivity contribution in [2.24, 2.45) is 0 Å². The molecule has 1 aromatic heterocycles. The molecule has 6 heteroatoms. The summed E-state index contributed by atoms with van der Waals surface area (Å²) in [6.45, 7) is 6.13. The van der Waals surface area contributed by atoms with Gasteiger partial charge in [-0.1, -0.05) is 24.3 Å². The van der Waals surface area contributed by atoms with Gasteiger partial charge in [-0.25, -0.2) is 4.68 Å². The zero-order valence-corrected chi connectivity index (χ0v) is 18.4. The number of benzene rings is 2. The van der Waals surface area contributed by atoms with Crippen LogP contribution in [0.4, 0.5) is 0 Å². The molecular formula is C25H29N3O3. The number of ketones is 1. The third-order valence-electron chi connectivity index (χ3n) is 4.99. The average molecular weight is 420 g/mol. The summed E-state index contributed by atoms with van der Waals surface area (Å²) in [6.07, 6.45) is 2.00. The van der Waals surface area contributed by atoms with E-state index >= 15 is 0 Å². The Bertz CT molecular complexity index is 1020. The SMILES string of the molecule is CC(=O)CCc1ccc(OCC(=O)NCCc2ccc(-n3nc(C)cc3C)cc2)cc1. The van der Waals surface area contributed by atoms with Crippen LogP contribution in [0.25, 0.3) is 5.69 Å². The molecule has 3 aromatic rings. The molecule has 1 heterocycles. The second kappa shape index (κ2) is 10.6. The lowest BCUT2D eigenvalue weighted by molar-refractivity contribution is -0.123. The van der Waals surface area contributed by atoms with Crippen molar-refractivity contribution in [2.75, 3.05) is 13.2 Å². The smallest absolute Gasteiger partial charge is 0.257 e. The van der Waals surface area contributed by atoms with E-state index in [2.05, 4.69) is 28.6 Å². The number of aryl methyl sites for hydroxylation is 3. The van der Waals surface area contributed by atoms with Crippen molar-refractivity contribution < 1.29 is 14.3 Å². The lowest BCUT2D eigenvalue weighted by Gasteiger charge is -2.09. The third-order valence-corrected chi connectivity index (χ3v) is 4.99. The van der Waals surface area contributed by atoms with E-state index in [1.165, 1.54) is 0 Å². The average Bonchev–Trinajstić information content (AvgIpc) is 3.10. The fourth-order valence-corrected chi connectivity index (χ4v) is 3.31. The van der Waals surface area contributed by atoms with Crippen molar-refractivity contribution in [3.8, 4) is 11.4 Å². The number of nitrogens with one attached hydrogen (secondary N) is 1. The molecule has 1 N–H and O–H groups in total. The summed E-state index contributed by atoms with van der Waals surface area (Å²) < 4.78 is 7.47. The molecule has 0 spiro atoms. The number of carbonyl (C=O) groups is 2. The maximum Gasteiger partial charge on any atom is 0.257 e. The predicted molar refractivity (Wildman–Crippen MR) is 121 cm³/mol. The summed E-state index contributed by atoms with van der Waals surface area (Å²) in [6, 6.07) is 17.7. The fourth-order valence-electron chi connectivity index (χ4n) is 3.31. The highest BCUT2D eigenvalue weighted by atomic mass is 16.5. The van der Waals surface area contributed by atoms with E-state index in [1.807, 2.05) is 54.9 Å². The number of hydrogen-bond donors (Lipinski definition) is 1. The number of aromatic nitrogens is 2. The van der Waals surface area contributed by atoms with Gasteiger partial charge in [-0.2, -0.15) is 5.10 Å². The summed E-state index contributed by atoms with van der Waals surface area (Å²) in [5.41, 5.74) is 5.35. The Labute approximate surface area is 183 Å². The Morgan fingerprint density at radius 3 is 2.23 bits per heavy atom. The predicted octanol–water partition coefficient (Wildman–Crippen LogP) is 3.75. The van der Waals surface area contributed by atoms with Crippen LogP contribution in [0.3, 0.4) is 0 Å². The van der Waals surface area contributed by atoms with Gasteiger partial charge < -0.3 is 14.8 Å². The van der Waals surface area contributed by atoms with Gasteiger partial charge in [0.05, 0.1) is 11.4 Å². The maximum atomic E-state index is 12.0. The first-order valence-corrected chi connectivity index (χ1v) is 10.5. The number of carbonyl (C=O) groups excluding carboxylic acids is 2. The van der Waals surface area contributed by atoms with Crippen LogP contribution in [0, 0.1) is 13.8 Å². The number of nitrogens with zero attached hydrogens (tertiary/aromatic N) is 2. The zero-order chi connectivity index (χ0) is 22.2. The minimum absolute atomic E-state index is 0.0241. The van der Waals surface area contributed by atoms with Crippen molar-refractivity contribution in [2.45, 2.75) is 40.0 Å². The molecule has 31 heavy (non-hydrogen) atoms. The molecule has 0 bridgehead atoms. The molecule has 162 valence electrons. The molecule has 0 aliphatic carbocycles. The summed E-state index contributed by atoms with van der Waals surface area (Å²) >= 11 is 0. The number of amides is 1. The Morgan fingerprint density at radius 1 is 0.968 bits per heavy atom. The highest BCUT2D eigenvalue weighted by Gasteiger charge is 2.06.